The Morgan fingerprint density at radius 3 is 2.48 bits per heavy atom. The van der Waals surface area contributed by atoms with Crippen molar-refractivity contribution in [2.75, 3.05) is 26.5 Å². The van der Waals surface area contributed by atoms with E-state index in [4.69, 9.17) is 21.3 Å². The highest BCUT2D eigenvalue weighted by molar-refractivity contribution is 6.31. The van der Waals surface area contributed by atoms with Crippen molar-refractivity contribution in [2.24, 2.45) is 0 Å². The summed E-state index contributed by atoms with van der Waals surface area (Å²) in [5, 5.41) is 6.75. The fourth-order valence-electron chi connectivity index (χ4n) is 4.12. The SMILES string of the molecule is COc1ccc2nc3cc(Cl)ccc3c(NC3CCC(N(C)C)CC3)c2c1. The van der Waals surface area contributed by atoms with E-state index in [1.807, 2.05) is 24.3 Å². The molecule has 0 amide bonds. The van der Waals surface area contributed by atoms with E-state index in [0.29, 0.717) is 17.1 Å². The monoisotopic (exact) mass is 383 g/mol. The van der Waals surface area contributed by atoms with Crippen molar-refractivity contribution in [3.05, 3.63) is 41.4 Å². The lowest BCUT2D eigenvalue weighted by molar-refractivity contribution is 0.222. The highest BCUT2D eigenvalue weighted by Gasteiger charge is 2.23. The lowest BCUT2D eigenvalue weighted by atomic mass is 9.90. The van der Waals surface area contributed by atoms with Gasteiger partial charge in [0.2, 0.25) is 0 Å². The maximum absolute atomic E-state index is 6.22. The molecule has 4 rings (SSSR count). The summed E-state index contributed by atoms with van der Waals surface area (Å²) in [5.41, 5.74) is 3.01. The third kappa shape index (κ3) is 3.69. The fraction of sp³-hybridized carbons (Fsp3) is 0.409. The number of hydrogen-bond acceptors (Lipinski definition) is 4. The Kier molecular flexibility index (Phi) is 5.11. The van der Waals surface area contributed by atoms with E-state index in [9.17, 15) is 0 Å². The number of aromatic nitrogens is 1. The highest BCUT2D eigenvalue weighted by atomic mass is 35.5. The first-order chi connectivity index (χ1) is 13.0. The molecule has 2 aromatic carbocycles. The summed E-state index contributed by atoms with van der Waals surface area (Å²) >= 11 is 6.22. The van der Waals surface area contributed by atoms with Crippen molar-refractivity contribution in [2.45, 2.75) is 37.8 Å². The first-order valence-electron chi connectivity index (χ1n) is 9.55. The zero-order valence-electron chi connectivity index (χ0n) is 16.1. The number of anilines is 1. The molecule has 1 N–H and O–H groups in total. The first kappa shape index (κ1) is 18.3. The number of nitrogens with zero attached hydrogens (tertiary/aromatic N) is 2. The van der Waals surface area contributed by atoms with Gasteiger partial charge in [0.15, 0.2) is 0 Å². The zero-order chi connectivity index (χ0) is 19.0. The number of methoxy groups -OCH3 is 1. The molecule has 1 fully saturated rings. The number of ether oxygens (including phenoxy) is 1. The van der Waals surface area contributed by atoms with Crippen LogP contribution in [0.3, 0.4) is 0 Å². The van der Waals surface area contributed by atoms with Gasteiger partial charge < -0.3 is 15.0 Å². The van der Waals surface area contributed by atoms with Crippen LogP contribution in [0.1, 0.15) is 25.7 Å². The van der Waals surface area contributed by atoms with Crippen LogP contribution in [0, 0.1) is 0 Å². The van der Waals surface area contributed by atoms with E-state index in [1.54, 1.807) is 7.11 Å². The van der Waals surface area contributed by atoms with Gasteiger partial charge in [-0.3, -0.25) is 0 Å². The van der Waals surface area contributed by atoms with Gasteiger partial charge in [-0.05, 0) is 76.2 Å². The third-order valence-electron chi connectivity index (χ3n) is 5.72. The molecule has 0 radical (unpaired) electrons. The van der Waals surface area contributed by atoms with E-state index in [2.05, 4.69) is 36.4 Å². The van der Waals surface area contributed by atoms with Crippen LogP contribution in [0.25, 0.3) is 21.8 Å². The van der Waals surface area contributed by atoms with Gasteiger partial charge in [-0.15, -0.1) is 0 Å². The minimum absolute atomic E-state index is 0.469. The van der Waals surface area contributed by atoms with Crippen LogP contribution in [0.5, 0.6) is 5.75 Å². The second-order valence-electron chi connectivity index (χ2n) is 7.64. The maximum atomic E-state index is 6.22. The van der Waals surface area contributed by atoms with Gasteiger partial charge >= 0.3 is 0 Å². The van der Waals surface area contributed by atoms with Gasteiger partial charge in [-0.25, -0.2) is 4.98 Å². The molecule has 1 aromatic heterocycles. The fourth-order valence-corrected chi connectivity index (χ4v) is 4.29. The molecule has 4 nitrogen and oxygen atoms in total. The van der Waals surface area contributed by atoms with Crippen molar-refractivity contribution in [3.8, 4) is 5.75 Å². The first-order valence-corrected chi connectivity index (χ1v) is 9.93. The molecule has 142 valence electrons. The van der Waals surface area contributed by atoms with Crippen molar-refractivity contribution in [3.63, 3.8) is 0 Å². The second-order valence-corrected chi connectivity index (χ2v) is 8.08. The Labute approximate surface area is 165 Å². The summed E-state index contributed by atoms with van der Waals surface area (Å²) in [6, 6.07) is 13.1. The van der Waals surface area contributed by atoms with Crippen LogP contribution in [0.4, 0.5) is 5.69 Å². The van der Waals surface area contributed by atoms with Crippen LogP contribution in [0.2, 0.25) is 5.02 Å². The molecule has 1 heterocycles. The summed E-state index contributed by atoms with van der Waals surface area (Å²) in [6.45, 7) is 0. The number of pyridine rings is 1. The molecule has 5 heteroatoms. The van der Waals surface area contributed by atoms with Crippen molar-refractivity contribution in [1.82, 2.24) is 9.88 Å². The van der Waals surface area contributed by atoms with Crippen LogP contribution in [-0.4, -0.2) is 43.2 Å². The third-order valence-corrected chi connectivity index (χ3v) is 5.95. The largest absolute Gasteiger partial charge is 0.497 e. The van der Waals surface area contributed by atoms with Gasteiger partial charge in [-0.1, -0.05) is 11.6 Å². The minimum atomic E-state index is 0.469. The number of hydrogen-bond donors (Lipinski definition) is 1. The summed E-state index contributed by atoms with van der Waals surface area (Å²) < 4.78 is 5.46. The zero-order valence-corrected chi connectivity index (χ0v) is 16.9. The summed E-state index contributed by atoms with van der Waals surface area (Å²) in [6.07, 6.45) is 4.79. The Balaban J connectivity index is 1.76. The normalized spacial score (nSPS) is 20.3. The van der Waals surface area contributed by atoms with Gasteiger partial charge in [-0.2, -0.15) is 0 Å². The topological polar surface area (TPSA) is 37.4 Å². The van der Waals surface area contributed by atoms with Gasteiger partial charge in [0, 0.05) is 27.9 Å². The van der Waals surface area contributed by atoms with Crippen molar-refractivity contribution in [1.29, 1.82) is 0 Å². The minimum Gasteiger partial charge on any atom is -0.497 e. The molecule has 0 atom stereocenters. The standard InChI is InChI=1S/C22H26ClN3O/c1-26(2)16-7-5-15(6-8-16)24-22-18-10-4-14(23)12-21(18)25-20-11-9-17(27-3)13-19(20)22/h4,9-13,15-16H,5-8H2,1-3H3,(H,24,25). The predicted octanol–water partition coefficient (Wildman–Crippen LogP) is 5.33. The molecule has 0 unspecified atom stereocenters. The average Bonchev–Trinajstić information content (AvgIpc) is 2.67. The summed E-state index contributed by atoms with van der Waals surface area (Å²) in [4.78, 5) is 7.16. The molecule has 0 bridgehead atoms. The molecule has 27 heavy (non-hydrogen) atoms. The lowest BCUT2D eigenvalue weighted by Crippen LogP contribution is -2.36. The number of benzene rings is 2. The van der Waals surface area contributed by atoms with Crippen molar-refractivity contribution < 1.29 is 4.74 Å². The molecule has 1 aliphatic carbocycles. The molecule has 0 aliphatic heterocycles. The van der Waals surface area contributed by atoms with Gasteiger partial charge in [0.25, 0.3) is 0 Å². The molecule has 1 saturated carbocycles. The van der Waals surface area contributed by atoms with Crippen LogP contribution in [0.15, 0.2) is 36.4 Å². The van der Waals surface area contributed by atoms with E-state index < -0.39 is 0 Å². The number of fused-ring (bicyclic) bond motifs is 2. The smallest absolute Gasteiger partial charge is 0.119 e. The quantitative estimate of drug-likeness (QED) is 0.617. The van der Waals surface area contributed by atoms with E-state index in [1.165, 1.54) is 25.7 Å². The molecule has 3 aromatic rings. The predicted molar refractivity (Wildman–Crippen MR) is 114 cm³/mol. The Hall–Kier alpha value is -2.04. The van der Waals surface area contributed by atoms with E-state index in [-0.39, 0.29) is 0 Å². The van der Waals surface area contributed by atoms with Crippen LogP contribution >= 0.6 is 11.6 Å². The molecule has 0 saturated heterocycles. The summed E-state index contributed by atoms with van der Waals surface area (Å²) in [7, 11) is 6.06. The van der Waals surface area contributed by atoms with Crippen molar-refractivity contribution >= 4 is 39.1 Å². The molecule has 0 spiro atoms. The van der Waals surface area contributed by atoms with Gasteiger partial charge in [0.1, 0.15) is 5.75 Å². The number of halogens is 1. The van der Waals surface area contributed by atoms with E-state index in [0.717, 1.165) is 33.2 Å². The summed E-state index contributed by atoms with van der Waals surface area (Å²) in [5.74, 6) is 0.844. The van der Waals surface area contributed by atoms with Gasteiger partial charge in [0.05, 0.1) is 23.8 Å². The van der Waals surface area contributed by atoms with Crippen LogP contribution in [-0.2, 0) is 0 Å². The maximum Gasteiger partial charge on any atom is 0.119 e. The number of nitrogens with one attached hydrogen (secondary N) is 1. The highest BCUT2D eigenvalue weighted by Crippen LogP contribution is 2.36. The Morgan fingerprint density at radius 1 is 1.00 bits per heavy atom. The Bertz CT molecular complexity index is 965. The molecular formula is C22H26ClN3O. The van der Waals surface area contributed by atoms with Crippen LogP contribution < -0.4 is 10.1 Å². The average molecular weight is 384 g/mol. The lowest BCUT2D eigenvalue weighted by Gasteiger charge is -2.33. The number of rotatable bonds is 4. The molecule has 1 aliphatic rings. The second kappa shape index (κ2) is 7.53. The van der Waals surface area contributed by atoms with E-state index >= 15 is 0 Å². The Morgan fingerprint density at radius 2 is 1.78 bits per heavy atom. The molecular weight excluding hydrogens is 358 g/mol.